The third-order valence-electron chi connectivity index (χ3n) is 3.72. The molecule has 1 aliphatic rings. The molecule has 0 spiro atoms. The number of hydrogen-bond acceptors (Lipinski definition) is 2. The van der Waals surface area contributed by atoms with Crippen molar-refractivity contribution in [3.63, 3.8) is 0 Å². The third-order valence-corrected chi connectivity index (χ3v) is 3.72. The Labute approximate surface area is 96.5 Å². The summed E-state index contributed by atoms with van der Waals surface area (Å²) in [5, 5.41) is 19.4. The lowest BCUT2D eigenvalue weighted by molar-refractivity contribution is 0.00854. The van der Waals surface area contributed by atoms with Crippen LogP contribution < -0.4 is 0 Å². The van der Waals surface area contributed by atoms with Crippen molar-refractivity contribution >= 4 is 0 Å². The van der Waals surface area contributed by atoms with Gasteiger partial charge >= 0.3 is 0 Å². The molecule has 1 aromatic carbocycles. The molecule has 0 amide bonds. The molecule has 0 unspecified atom stereocenters. The molecule has 0 heterocycles. The van der Waals surface area contributed by atoms with Gasteiger partial charge in [-0.1, -0.05) is 30.3 Å². The topological polar surface area (TPSA) is 44.0 Å². The molecule has 16 heavy (non-hydrogen) atoms. The van der Waals surface area contributed by atoms with E-state index in [1.807, 2.05) is 37.3 Å². The van der Waals surface area contributed by atoms with Gasteiger partial charge in [0, 0.05) is 0 Å². The highest BCUT2D eigenvalue weighted by atomic mass is 16.3. The molecule has 1 aliphatic carbocycles. The molecule has 0 aromatic heterocycles. The molecule has 1 aromatic rings. The fraction of sp³-hybridized carbons (Fsp3) is 0.500. The first-order valence-corrected chi connectivity index (χ1v) is 5.77. The van der Waals surface area contributed by atoms with E-state index in [1.165, 1.54) is 0 Å². The van der Waals surface area contributed by atoms with Crippen molar-refractivity contribution in [2.24, 2.45) is 0 Å². The fourth-order valence-corrected chi connectivity index (χ4v) is 2.44. The van der Waals surface area contributed by atoms with Gasteiger partial charge in [-0.2, -0.15) is 5.26 Å². The van der Waals surface area contributed by atoms with Crippen LogP contribution >= 0.6 is 0 Å². The molecule has 84 valence electrons. The Hall–Kier alpha value is -1.33. The number of rotatable bonds is 1. The molecule has 2 heteroatoms. The van der Waals surface area contributed by atoms with Crippen LogP contribution in [0.1, 0.15) is 38.2 Å². The van der Waals surface area contributed by atoms with Gasteiger partial charge in [-0.25, -0.2) is 0 Å². The highest BCUT2D eigenvalue weighted by Gasteiger charge is 2.40. The van der Waals surface area contributed by atoms with Crippen molar-refractivity contribution in [3.8, 4) is 6.07 Å². The van der Waals surface area contributed by atoms with Crippen molar-refractivity contribution in [1.82, 2.24) is 0 Å². The molecule has 0 bridgehead atoms. The SMILES string of the molecule is CC1(O)CCC(C#N)(c2ccccc2)CC1. The zero-order chi connectivity index (χ0) is 11.6. The number of benzene rings is 1. The minimum atomic E-state index is -0.588. The second kappa shape index (κ2) is 3.92. The Kier molecular flexibility index (Phi) is 2.73. The van der Waals surface area contributed by atoms with E-state index < -0.39 is 5.60 Å². The third kappa shape index (κ3) is 1.96. The highest BCUT2D eigenvalue weighted by Crippen LogP contribution is 2.42. The van der Waals surface area contributed by atoms with Crippen LogP contribution in [-0.2, 0) is 5.41 Å². The van der Waals surface area contributed by atoms with E-state index in [2.05, 4.69) is 6.07 Å². The van der Waals surface area contributed by atoms with Crippen LogP contribution in [0.25, 0.3) is 0 Å². The predicted molar refractivity (Wildman–Crippen MR) is 62.8 cm³/mol. The summed E-state index contributed by atoms with van der Waals surface area (Å²) >= 11 is 0. The van der Waals surface area contributed by atoms with Gasteiger partial charge < -0.3 is 5.11 Å². The van der Waals surface area contributed by atoms with Crippen molar-refractivity contribution in [2.75, 3.05) is 0 Å². The van der Waals surface area contributed by atoms with Gasteiger partial charge in [-0.15, -0.1) is 0 Å². The lowest BCUT2D eigenvalue weighted by Gasteiger charge is -2.38. The number of nitriles is 1. The summed E-state index contributed by atoms with van der Waals surface area (Å²) < 4.78 is 0. The Bertz CT molecular complexity index is 392. The van der Waals surface area contributed by atoms with E-state index in [1.54, 1.807) is 0 Å². The second-order valence-electron chi connectivity index (χ2n) is 5.06. The van der Waals surface area contributed by atoms with Crippen LogP contribution in [0.15, 0.2) is 30.3 Å². The van der Waals surface area contributed by atoms with Gasteiger partial charge in [0.25, 0.3) is 0 Å². The standard InChI is InChI=1S/C14H17NO/c1-13(16)7-9-14(11-15,10-8-13)12-5-3-2-4-6-12/h2-6,16H,7-10H2,1H3. The number of aliphatic hydroxyl groups is 1. The van der Waals surface area contributed by atoms with Gasteiger partial charge in [-0.3, -0.25) is 0 Å². The summed E-state index contributed by atoms with van der Waals surface area (Å²) in [5.41, 5.74) is 0.117. The summed E-state index contributed by atoms with van der Waals surface area (Å²) in [6.07, 6.45) is 2.91. The first-order chi connectivity index (χ1) is 7.58. The van der Waals surface area contributed by atoms with Gasteiger partial charge in [0.1, 0.15) is 0 Å². The zero-order valence-corrected chi connectivity index (χ0v) is 9.61. The Morgan fingerprint density at radius 3 is 2.19 bits per heavy atom. The van der Waals surface area contributed by atoms with Crippen molar-refractivity contribution in [3.05, 3.63) is 35.9 Å². The number of nitrogens with zero attached hydrogens (tertiary/aromatic N) is 1. The van der Waals surface area contributed by atoms with Crippen molar-refractivity contribution in [1.29, 1.82) is 5.26 Å². The minimum absolute atomic E-state index is 0.385. The minimum Gasteiger partial charge on any atom is -0.390 e. The van der Waals surface area contributed by atoms with Crippen LogP contribution in [0.2, 0.25) is 0 Å². The largest absolute Gasteiger partial charge is 0.390 e. The van der Waals surface area contributed by atoms with Crippen LogP contribution in [0.4, 0.5) is 0 Å². The molecular formula is C14H17NO. The maximum atomic E-state index is 9.94. The summed E-state index contributed by atoms with van der Waals surface area (Å²) in [6, 6.07) is 12.4. The predicted octanol–water partition coefficient (Wildman–Crippen LogP) is 2.77. The quantitative estimate of drug-likeness (QED) is 0.782. The molecule has 0 atom stereocenters. The van der Waals surface area contributed by atoms with Crippen LogP contribution in [0.3, 0.4) is 0 Å². The van der Waals surface area contributed by atoms with E-state index in [4.69, 9.17) is 0 Å². The normalized spacial score (nSPS) is 34.3. The summed E-state index contributed by atoms with van der Waals surface area (Å²) in [6.45, 7) is 1.86. The number of hydrogen-bond donors (Lipinski definition) is 1. The maximum Gasteiger partial charge on any atom is 0.0824 e. The average molecular weight is 215 g/mol. The van der Waals surface area contributed by atoms with Gasteiger partial charge in [0.05, 0.1) is 17.1 Å². The maximum absolute atomic E-state index is 9.94. The summed E-state index contributed by atoms with van der Waals surface area (Å²) in [5.74, 6) is 0. The first kappa shape index (κ1) is 11.2. The van der Waals surface area contributed by atoms with Gasteiger partial charge in [0.2, 0.25) is 0 Å². The molecule has 2 rings (SSSR count). The van der Waals surface area contributed by atoms with Crippen molar-refractivity contribution < 1.29 is 5.11 Å². The van der Waals surface area contributed by atoms with E-state index in [0.29, 0.717) is 12.8 Å². The molecule has 0 aliphatic heterocycles. The zero-order valence-electron chi connectivity index (χ0n) is 9.61. The summed E-state index contributed by atoms with van der Waals surface area (Å²) in [7, 11) is 0. The van der Waals surface area contributed by atoms with Crippen molar-refractivity contribution in [2.45, 2.75) is 43.6 Å². The Balaban J connectivity index is 2.27. The average Bonchev–Trinajstić information content (AvgIpc) is 2.31. The smallest absolute Gasteiger partial charge is 0.0824 e. The van der Waals surface area contributed by atoms with E-state index >= 15 is 0 Å². The molecule has 2 nitrogen and oxygen atoms in total. The monoisotopic (exact) mass is 215 g/mol. The molecule has 1 saturated carbocycles. The van der Waals surface area contributed by atoms with Gasteiger partial charge in [0.15, 0.2) is 0 Å². The fourth-order valence-electron chi connectivity index (χ4n) is 2.44. The van der Waals surface area contributed by atoms with Crippen LogP contribution in [-0.4, -0.2) is 10.7 Å². The second-order valence-corrected chi connectivity index (χ2v) is 5.06. The van der Waals surface area contributed by atoms with Crippen LogP contribution in [0.5, 0.6) is 0 Å². The Morgan fingerprint density at radius 2 is 1.69 bits per heavy atom. The molecule has 1 N–H and O–H groups in total. The lowest BCUT2D eigenvalue weighted by Crippen LogP contribution is -2.38. The Morgan fingerprint density at radius 1 is 1.12 bits per heavy atom. The van der Waals surface area contributed by atoms with Crippen LogP contribution in [0, 0.1) is 11.3 Å². The first-order valence-electron chi connectivity index (χ1n) is 5.77. The lowest BCUT2D eigenvalue weighted by atomic mass is 9.66. The highest BCUT2D eigenvalue weighted by molar-refractivity contribution is 5.33. The van der Waals surface area contributed by atoms with E-state index in [0.717, 1.165) is 18.4 Å². The van der Waals surface area contributed by atoms with E-state index in [-0.39, 0.29) is 5.41 Å². The summed E-state index contributed by atoms with van der Waals surface area (Å²) in [4.78, 5) is 0. The molecule has 0 saturated heterocycles. The molecular weight excluding hydrogens is 198 g/mol. The van der Waals surface area contributed by atoms with Gasteiger partial charge in [-0.05, 0) is 38.2 Å². The van der Waals surface area contributed by atoms with E-state index in [9.17, 15) is 10.4 Å². The molecule has 1 fully saturated rings. The molecule has 0 radical (unpaired) electrons.